The van der Waals surface area contributed by atoms with E-state index in [1.807, 2.05) is 37.8 Å². The molecule has 1 unspecified atom stereocenters. The van der Waals surface area contributed by atoms with Gasteiger partial charge in [0.05, 0.1) is 5.69 Å². The average Bonchev–Trinajstić information content (AvgIpc) is 3.38. The third kappa shape index (κ3) is 3.76. The predicted octanol–water partition coefficient (Wildman–Crippen LogP) is 2.05. The maximum atomic E-state index is 12.9. The lowest BCUT2D eigenvalue weighted by molar-refractivity contribution is -0.144. The molecule has 0 saturated carbocycles. The summed E-state index contributed by atoms with van der Waals surface area (Å²) < 4.78 is 1.80. The molecule has 8 nitrogen and oxygen atoms in total. The molecule has 8 heteroatoms. The lowest BCUT2D eigenvalue weighted by Gasteiger charge is -2.50. The van der Waals surface area contributed by atoms with Gasteiger partial charge in [-0.2, -0.15) is 10.2 Å². The molecule has 1 N–H and O–H groups in total. The van der Waals surface area contributed by atoms with Crippen molar-refractivity contribution >= 4 is 5.91 Å². The number of likely N-dealkylation sites (tertiary alicyclic amines) is 2. The topological polar surface area (TPSA) is 82.9 Å². The average molecular weight is 420 g/mol. The van der Waals surface area contributed by atoms with Gasteiger partial charge in [-0.25, -0.2) is 4.98 Å². The van der Waals surface area contributed by atoms with Crippen LogP contribution in [0.5, 0.6) is 0 Å². The van der Waals surface area contributed by atoms with Gasteiger partial charge in [-0.1, -0.05) is 30.3 Å². The summed E-state index contributed by atoms with van der Waals surface area (Å²) in [5.74, 6) is 2.06. The van der Waals surface area contributed by atoms with E-state index >= 15 is 0 Å². The van der Waals surface area contributed by atoms with Crippen molar-refractivity contribution in [2.45, 2.75) is 39.8 Å². The molecule has 1 aromatic carbocycles. The van der Waals surface area contributed by atoms with Crippen LogP contribution in [0.3, 0.4) is 0 Å². The normalized spacial score (nSPS) is 20.4. The van der Waals surface area contributed by atoms with Crippen LogP contribution < -0.4 is 0 Å². The number of carbonyl (C=O) groups excluding carboxylic acids is 1. The summed E-state index contributed by atoms with van der Waals surface area (Å²) in [6.07, 6.45) is 0. The van der Waals surface area contributed by atoms with Gasteiger partial charge < -0.3 is 4.90 Å². The number of rotatable bonds is 5. The lowest BCUT2D eigenvalue weighted by Crippen LogP contribution is -2.62. The van der Waals surface area contributed by atoms with Crippen LogP contribution in [0.25, 0.3) is 0 Å². The highest BCUT2D eigenvalue weighted by Gasteiger charge is 2.56. The number of H-pyrrole nitrogens is 1. The number of nitrogens with one attached hydrogen (secondary N) is 1. The Morgan fingerprint density at radius 3 is 2.58 bits per heavy atom. The first kappa shape index (κ1) is 19.9. The summed E-state index contributed by atoms with van der Waals surface area (Å²) >= 11 is 0. The Labute approximate surface area is 182 Å². The molecule has 2 aromatic heterocycles. The zero-order valence-corrected chi connectivity index (χ0v) is 18.4. The minimum absolute atomic E-state index is 0.00809. The Balaban J connectivity index is 1.31. The van der Waals surface area contributed by atoms with Crippen molar-refractivity contribution in [2.75, 3.05) is 26.2 Å². The van der Waals surface area contributed by atoms with E-state index < -0.39 is 0 Å². The van der Waals surface area contributed by atoms with E-state index in [0.29, 0.717) is 6.54 Å². The van der Waals surface area contributed by atoms with Crippen LogP contribution >= 0.6 is 0 Å². The molecule has 2 aliphatic heterocycles. The first-order valence-electron chi connectivity index (χ1n) is 10.9. The number of aromatic nitrogens is 5. The highest BCUT2D eigenvalue weighted by Crippen LogP contribution is 2.48. The smallest absolute Gasteiger partial charge is 0.244 e. The van der Waals surface area contributed by atoms with E-state index in [2.05, 4.69) is 49.4 Å². The van der Waals surface area contributed by atoms with Crippen LogP contribution in [0.2, 0.25) is 0 Å². The third-order valence-electron chi connectivity index (χ3n) is 6.65. The van der Waals surface area contributed by atoms with E-state index in [-0.39, 0.29) is 17.2 Å². The number of aryl methyl sites for hydroxylation is 3. The highest BCUT2D eigenvalue weighted by molar-refractivity contribution is 5.77. The molecule has 0 bridgehead atoms. The molecule has 1 spiro atoms. The minimum atomic E-state index is 0.00809. The van der Waals surface area contributed by atoms with E-state index in [4.69, 9.17) is 0 Å². The summed E-state index contributed by atoms with van der Waals surface area (Å²) in [6.45, 7) is 10.4. The molecule has 31 heavy (non-hydrogen) atoms. The SMILES string of the molecule is Cc1cc(C)n(CC(=O)N2CC3(CN(Cc4ccccc4)CC3c3n[nH]c(C)n3)C2)n1. The molecule has 3 aromatic rings. The molecular weight excluding hydrogens is 390 g/mol. The largest absolute Gasteiger partial charge is 0.340 e. The first-order valence-corrected chi connectivity index (χ1v) is 10.9. The van der Waals surface area contributed by atoms with Gasteiger partial charge in [-0.3, -0.25) is 19.5 Å². The molecule has 162 valence electrons. The lowest BCUT2D eigenvalue weighted by atomic mass is 9.71. The molecule has 0 aliphatic carbocycles. The van der Waals surface area contributed by atoms with Crippen LogP contribution in [0.4, 0.5) is 0 Å². The monoisotopic (exact) mass is 419 g/mol. The van der Waals surface area contributed by atoms with Gasteiger partial charge in [-0.15, -0.1) is 0 Å². The van der Waals surface area contributed by atoms with E-state index in [1.165, 1.54) is 5.56 Å². The Hall–Kier alpha value is -3.00. The predicted molar refractivity (Wildman–Crippen MR) is 116 cm³/mol. The number of aromatic amines is 1. The molecule has 2 saturated heterocycles. The van der Waals surface area contributed by atoms with Gasteiger partial charge >= 0.3 is 0 Å². The standard InChI is InChI=1S/C23H29N7O/c1-16-9-17(2)30(27-16)12-21(31)29-14-23(15-29)13-28(10-19-7-5-4-6-8-19)11-20(23)22-24-18(3)25-26-22/h4-9,20H,10-15H2,1-3H3,(H,24,25,26). The van der Waals surface area contributed by atoms with Gasteiger partial charge in [-0.05, 0) is 32.4 Å². The van der Waals surface area contributed by atoms with Crippen LogP contribution in [0, 0.1) is 26.2 Å². The zero-order valence-electron chi connectivity index (χ0n) is 18.4. The maximum Gasteiger partial charge on any atom is 0.244 e. The van der Waals surface area contributed by atoms with Crippen LogP contribution in [0.15, 0.2) is 36.4 Å². The number of benzene rings is 1. The summed E-state index contributed by atoms with van der Waals surface area (Å²) in [6, 6.07) is 12.6. The van der Waals surface area contributed by atoms with Crippen LogP contribution in [-0.2, 0) is 17.9 Å². The Kier molecular flexibility index (Phi) is 4.89. The van der Waals surface area contributed by atoms with Gasteiger partial charge in [0.25, 0.3) is 0 Å². The van der Waals surface area contributed by atoms with E-state index in [1.54, 1.807) is 4.68 Å². The van der Waals surface area contributed by atoms with Gasteiger partial charge in [0.15, 0.2) is 5.82 Å². The number of amides is 1. The summed E-state index contributed by atoms with van der Waals surface area (Å²) in [7, 11) is 0. The second kappa shape index (κ2) is 7.60. The zero-order chi connectivity index (χ0) is 21.6. The molecule has 5 rings (SSSR count). The fraction of sp³-hybridized carbons (Fsp3) is 0.478. The molecule has 4 heterocycles. The number of hydrogen-bond acceptors (Lipinski definition) is 5. The van der Waals surface area contributed by atoms with E-state index in [0.717, 1.165) is 55.8 Å². The highest BCUT2D eigenvalue weighted by atomic mass is 16.2. The summed E-state index contributed by atoms with van der Waals surface area (Å²) in [4.78, 5) is 22.0. The molecule has 2 aliphatic rings. The van der Waals surface area contributed by atoms with Crippen molar-refractivity contribution in [1.29, 1.82) is 0 Å². The summed E-state index contributed by atoms with van der Waals surface area (Å²) in [5, 5.41) is 11.9. The van der Waals surface area contributed by atoms with Crippen LogP contribution in [-0.4, -0.2) is 66.8 Å². The Bertz CT molecular complexity index is 1080. The molecule has 1 amide bonds. The van der Waals surface area contributed by atoms with Crippen molar-refractivity contribution in [3.8, 4) is 0 Å². The van der Waals surface area contributed by atoms with E-state index in [9.17, 15) is 4.79 Å². The third-order valence-corrected chi connectivity index (χ3v) is 6.65. The summed E-state index contributed by atoms with van der Waals surface area (Å²) in [5.41, 5.74) is 3.28. The fourth-order valence-electron chi connectivity index (χ4n) is 5.18. The van der Waals surface area contributed by atoms with Crippen molar-refractivity contribution in [3.05, 3.63) is 65.0 Å². The maximum absolute atomic E-state index is 12.9. The van der Waals surface area contributed by atoms with Crippen molar-refractivity contribution in [1.82, 2.24) is 34.8 Å². The first-order chi connectivity index (χ1) is 14.9. The minimum Gasteiger partial charge on any atom is -0.340 e. The second-order valence-electron chi connectivity index (χ2n) is 9.18. The number of hydrogen-bond donors (Lipinski definition) is 1. The van der Waals surface area contributed by atoms with Crippen LogP contribution in [0.1, 0.15) is 34.5 Å². The molecule has 2 fully saturated rings. The number of nitrogens with zero attached hydrogens (tertiary/aromatic N) is 6. The fourth-order valence-corrected chi connectivity index (χ4v) is 5.18. The molecule has 1 atom stereocenters. The second-order valence-corrected chi connectivity index (χ2v) is 9.18. The number of carbonyl (C=O) groups is 1. The molecular formula is C23H29N7O. The van der Waals surface area contributed by atoms with Gasteiger partial charge in [0.1, 0.15) is 12.4 Å². The quantitative estimate of drug-likeness (QED) is 0.684. The van der Waals surface area contributed by atoms with Crippen molar-refractivity contribution in [3.63, 3.8) is 0 Å². The van der Waals surface area contributed by atoms with Gasteiger partial charge in [0.2, 0.25) is 5.91 Å². The van der Waals surface area contributed by atoms with Crippen molar-refractivity contribution in [2.24, 2.45) is 5.41 Å². The van der Waals surface area contributed by atoms with Gasteiger partial charge in [0, 0.05) is 49.8 Å². The van der Waals surface area contributed by atoms with Crippen molar-refractivity contribution < 1.29 is 4.79 Å². The Morgan fingerprint density at radius 1 is 1.16 bits per heavy atom. The Morgan fingerprint density at radius 2 is 1.94 bits per heavy atom. The molecule has 0 radical (unpaired) electrons.